The second-order valence-electron chi connectivity index (χ2n) is 8.62. The Morgan fingerprint density at radius 1 is 1.11 bits per heavy atom. The van der Waals surface area contributed by atoms with Gasteiger partial charge in [-0.1, -0.05) is 48.5 Å². The summed E-state index contributed by atoms with van der Waals surface area (Å²) in [5.41, 5.74) is 4.61. The molecule has 0 bridgehead atoms. The number of hydrogen-bond acceptors (Lipinski definition) is 6. The van der Waals surface area contributed by atoms with Gasteiger partial charge in [0, 0.05) is 44.0 Å². The number of ether oxygens (including phenoxy) is 2. The molecule has 2 unspecified atom stereocenters. The van der Waals surface area contributed by atoms with Gasteiger partial charge < -0.3 is 24.8 Å². The zero-order valence-corrected chi connectivity index (χ0v) is 20.5. The topological polar surface area (TPSA) is 105 Å². The fraction of sp³-hybridized carbons (Fsp3) is 0.423. The van der Waals surface area contributed by atoms with E-state index in [1.807, 2.05) is 24.3 Å². The third-order valence-electron chi connectivity index (χ3n) is 6.50. The van der Waals surface area contributed by atoms with Crippen molar-refractivity contribution in [2.24, 2.45) is 0 Å². The lowest BCUT2D eigenvalue weighted by Crippen LogP contribution is -2.51. The first kappa shape index (κ1) is 25.1. The normalized spacial score (nSPS) is 17.9. The maximum atomic E-state index is 13.0. The third kappa shape index (κ3) is 5.79. The molecule has 1 aliphatic carbocycles. The van der Waals surface area contributed by atoms with Gasteiger partial charge >= 0.3 is 12.1 Å². The molecule has 0 aromatic heterocycles. The SMILES string of the molecule is COC(CCNC(=O)OCC1c2ccccc2-c2ccccc21)C(=O)N1CCSCC1CC(=O)O. The van der Waals surface area contributed by atoms with Gasteiger partial charge in [-0.25, -0.2) is 4.79 Å². The fourth-order valence-electron chi connectivity index (χ4n) is 4.80. The van der Waals surface area contributed by atoms with Crippen molar-refractivity contribution in [1.29, 1.82) is 0 Å². The number of carboxylic acids is 1. The Labute approximate surface area is 209 Å². The van der Waals surface area contributed by atoms with Crippen LogP contribution in [0.15, 0.2) is 48.5 Å². The molecule has 0 radical (unpaired) electrons. The molecule has 1 saturated heterocycles. The molecular weight excluding hydrogens is 468 g/mol. The first-order valence-electron chi connectivity index (χ1n) is 11.7. The number of amides is 2. The zero-order valence-electron chi connectivity index (χ0n) is 19.6. The number of fused-ring (bicyclic) bond motifs is 3. The zero-order chi connectivity index (χ0) is 24.8. The van der Waals surface area contributed by atoms with Crippen molar-refractivity contribution in [3.05, 3.63) is 59.7 Å². The van der Waals surface area contributed by atoms with Crippen LogP contribution in [0.25, 0.3) is 11.1 Å². The molecule has 2 aliphatic rings. The number of carbonyl (C=O) groups is 3. The monoisotopic (exact) mass is 498 g/mol. The molecule has 1 fully saturated rings. The Bertz CT molecular complexity index is 1030. The van der Waals surface area contributed by atoms with Crippen molar-refractivity contribution < 1.29 is 29.0 Å². The minimum absolute atomic E-state index is 0.0235. The molecule has 35 heavy (non-hydrogen) atoms. The number of nitrogens with zero attached hydrogens (tertiary/aromatic N) is 1. The minimum Gasteiger partial charge on any atom is -0.481 e. The highest BCUT2D eigenvalue weighted by atomic mass is 32.2. The van der Waals surface area contributed by atoms with E-state index in [-0.39, 0.29) is 43.9 Å². The van der Waals surface area contributed by atoms with E-state index in [0.717, 1.165) is 28.0 Å². The van der Waals surface area contributed by atoms with Crippen LogP contribution in [0.2, 0.25) is 0 Å². The van der Waals surface area contributed by atoms with Crippen molar-refractivity contribution in [1.82, 2.24) is 10.2 Å². The van der Waals surface area contributed by atoms with Crippen LogP contribution in [0.1, 0.15) is 29.9 Å². The van der Waals surface area contributed by atoms with E-state index in [2.05, 4.69) is 29.6 Å². The van der Waals surface area contributed by atoms with Crippen molar-refractivity contribution in [3.8, 4) is 11.1 Å². The maximum Gasteiger partial charge on any atom is 0.407 e. The second kappa shape index (κ2) is 11.6. The maximum absolute atomic E-state index is 13.0. The Balaban J connectivity index is 1.28. The van der Waals surface area contributed by atoms with E-state index in [1.165, 1.54) is 7.11 Å². The Morgan fingerprint density at radius 3 is 2.40 bits per heavy atom. The van der Waals surface area contributed by atoms with Gasteiger partial charge in [-0.05, 0) is 22.3 Å². The number of thioether (sulfide) groups is 1. The quantitative estimate of drug-likeness (QED) is 0.546. The molecule has 0 spiro atoms. The van der Waals surface area contributed by atoms with Gasteiger partial charge in [0.05, 0.1) is 12.5 Å². The Hall–Kier alpha value is -3.04. The van der Waals surface area contributed by atoms with Crippen LogP contribution >= 0.6 is 11.8 Å². The van der Waals surface area contributed by atoms with E-state index < -0.39 is 18.2 Å². The van der Waals surface area contributed by atoms with Gasteiger partial charge in [-0.15, -0.1) is 0 Å². The number of aliphatic carboxylic acids is 1. The number of rotatable bonds is 9. The number of benzene rings is 2. The van der Waals surface area contributed by atoms with E-state index in [1.54, 1.807) is 16.7 Å². The molecule has 2 aromatic rings. The summed E-state index contributed by atoms with van der Waals surface area (Å²) in [6.45, 7) is 0.906. The molecule has 8 nitrogen and oxygen atoms in total. The van der Waals surface area contributed by atoms with Crippen LogP contribution in [0.4, 0.5) is 4.79 Å². The van der Waals surface area contributed by atoms with Crippen molar-refractivity contribution in [2.45, 2.75) is 30.9 Å². The summed E-state index contributed by atoms with van der Waals surface area (Å²) in [6, 6.07) is 15.9. The van der Waals surface area contributed by atoms with Gasteiger partial charge in [-0.2, -0.15) is 11.8 Å². The molecule has 1 aliphatic heterocycles. The highest BCUT2D eigenvalue weighted by molar-refractivity contribution is 7.99. The number of carboxylic acid groups (broad SMARTS) is 1. The summed E-state index contributed by atoms with van der Waals surface area (Å²) in [5.74, 6) is 0.155. The average Bonchev–Trinajstić information content (AvgIpc) is 3.19. The molecule has 9 heteroatoms. The van der Waals surface area contributed by atoms with E-state index in [4.69, 9.17) is 14.6 Å². The lowest BCUT2D eigenvalue weighted by atomic mass is 9.98. The summed E-state index contributed by atoms with van der Waals surface area (Å²) >= 11 is 1.64. The summed E-state index contributed by atoms with van der Waals surface area (Å²) < 4.78 is 10.9. The summed E-state index contributed by atoms with van der Waals surface area (Å²) in [6.07, 6.45) is -1.13. The molecule has 2 N–H and O–H groups in total. The lowest BCUT2D eigenvalue weighted by Gasteiger charge is -2.36. The molecule has 4 rings (SSSR count). The highest BCUT2D eigenvalue weighted by Gasteiger charge is 2.33. The van der Waals surface area contributed by atoms with Gasteiger partial charge in [-0.3, -0.25) is 9.59 Å². The third-order valence-corrected chi connectivity index (χ3v) is 7.59. The first-order chi connectivity index (χ1) is 17.0. The van der Waals surface area contributed by atoms with Crippen molar-refractivity contribution >= 4 is 29.7 Å². The van der Waals surface area contributed by atoms with Crippen LogP contribution in [-0.4, -0.2) is 78.4 Å². The highest BCUT2D eigenvalue weighted by Crippen LogP contribution is 2.44. The number of alkyl carbamates (subject to hydrolysis) is 1. The largest absolute Gasteiger partial charge is 0.481 e. The molecule has 1 heterocycles. The van der Waals surface area contributed by atoms with E-state index in [0.29, 0.717) is 12.3 Å². The van der Waals surface area contributed by atoms with Crippen molar-refractivity contribution in [2.75, 3.05) is 38.3 Å². The van der Waals surface area contributed by atoms with Gasteiger partial charge in [0.2, 0.25) is 0 Å². The molecule has 2 atom stereocenters. The first-order valence-corrected chi connectivity index (χ1v) is 12.9. The molecule has 2 aromatic carbocycles. The molecule has 0 saturated carbocycles. The van der Waals surface area contributed by atoms with Gasteiger partial charge in [0.1, 0.15) is 12.7 Å². The van der Waals surface area contributed by atoms with Crippen LogP contribution in [-0.2, 0) is 19.1 Å². The predicted octanol–water partition coefficient (Wildman–Crippen LogP) is 3.35. The number of nitrogens with one attached hydrogen (secondary N) is 1. The molecule has 186 valence electrons. The summed E-state index contributed by atoms with van der Waals surface area (Å²) in [5, 5.41) is 11.9. The van der Waals surface area contributed by atoms with E-state index in [9.17, 15) is 14.4 Å². The number of methoxy groups -OCH3 is 1. The minimum atomic E-state index is -0.929. The summed E-state index contributed by atoms with van der Waals surface area (Å²) in [4.78, 5) is 38.2. The number of hydrogen-bond donors (Lipinski definition) is 2. The fourth-order valence-corrected chi connectivity index (χ4v) is 5.86. The van der Waals surface area contributed by atoms with Crippen molar-refractivity contribution in [3.63, 3.8) is 0 Å². The van der Waals surface area contributed by atoms with Crippen LogP contribution < -0.4 is 5.32 Å². The Morgan fingerprint density at radius 2 is 1.77 bits per heavy atom. The van der Waals surface area contributed by atoms with Crippen LogP contribution in [0.3, 0.4) is 0 Å². The van der Waals surface area contributed by atoms with Crippen LogP contribution in [0, 0.1) is 0 Å². The van der Waals surface area contributed by atoms with Crippen LogP contribution in [0.5, 0.6) is 0 Å². The Kier molecular flexibility index (Phi) is 8.30. The van der Waals surface area contributed by atoms with Gasteiger partial charge in [0.15, 0.2) is 0 Å². The molecule has 2 amide bonds. The lowest BCUT2D eigenvalue weighted by molar-refractivity contribution is -0.146. The smallest absolute Gasteiger partial charge is 0.407 e. The second-order valence-corrected chi connectivity index (χ2v) is 9.77. The summed E-state index contributed by atoms with van der Waals surface area (Å²) in [7, 11) is 1.45. The predicted molar refractivity (Wildman–Crippen MR) is 134 cm³/mol. The number of carbonyl (C=O) groups excluding carboxylic acids is 2. The van der Waals surface area contributed by atoms with Gasteiger partial charge in [0.25, 0.3) is 5.91 Å². The average molecular weight is 499 g/mol. The standard InChI is InChI=1S/C26H30N2O6S/c1-33-23(25(31)28-12-13-35-16-17(28)14-24(29)30)10-11-27-26(32)34-15-22-20-8-4-2-6-18(20)19-7-3-5-9-21(19)22/h2-9,17,22-23H,10-16H2,1H3,(H,27,32)(H,29,30). The van der Waals surface area contributed by atoms with E-state index >= 15 is 0 Å². The molecular formula is C26H30N2O6S.